The van der Waals surface area contributed by atoms with E-state index in [0.717, 1.165) is 5.69 Å². The summed E-state index contributed by atoms with van der Waals surface area (Å²) in [5.74, 6) is 0.208. The van der Waals surface area contributed by atoms with E-state index in [2.05, 4.69) is 20.4 Å². The van der Waals surface area contributed by atoms with Crippen LogP contribution in [0.1, 0.15) is 43.2 Å². The van der Waals surface area contributed by atoms with Gasteiger partial charge in [-0.3, -0.25) is 4.79 Å². The Morgan fingerprint density at radius 1 is 1.45 bits per heavy atom. The van der Waals surface area contributed by atoms with Crippen molar-refractivity contribution in [2.24, 2.45) is 0 Å². The third-order valence-electron chi connectivity index (χ3n) is 3.38. The predicted molar refractivity (Wildman–Crippen MR) is 73.4 cm³/mol. The molecule has 2 heterocycles. The summed E-state index contributed by atoms with van der Waals surface area (Å²) in [5.41, 5.74) is 0.297. The summed E-state index contributed by atoms with van der Waals surface area (Å²) in [6.45, 7) is 5.69. The lowest BCUT2D eigenvalue weighted by molar-refractivity contribution is 0.0518. The summed E-state index contributed by atoms with van der Waals surface area (Å²) >= 11 is 0. The summed E-state index contributed by atoms with van der Waals surface area (Å²) in [6, 6.07) is 0. The van der Waals surface area contributed by atoms with Crippen LogP contribution in [0.2, 0.25) is 0 Å². The number of nitrogens with zero attached hydrogens (tertiary/aromatic N) is 4. The third kappa shape index (κ3) is 2.77. The quantitative estimate of drug-likeness (QED) is 0.834. The Kier molecular flexibility index (Phi) is 3.99. The van der Waals surface area contributed by atoms with Gasteiger partial charge in [0.1, 0.15) is 6.33 Å². The van der Waals surface area contributed by atoms with Crippen LogP contribution >= 0.6 is 0 Å². The van der Waals surface area contributed by atoms with Gasteiger partial charge in [0.05, 0.1) is 16.9 Å². The summed E-state index contributed by atoms with van der Waals surface area (Å²) in [4.78, 5) is 20.3. The summed E-state index contributed by atoms with van der Waals surface area (Å²) in [5, 5.41) is 16.7. The third-order valence-corrected chi connectivity index (χ3v) is 3.38. The molecule has 20 heavy (non-hydrogen) atoms. The lowest BCUT2D eigenvalue weighted by Crippen LogP contribution is -2.40. The number of fused-ring (bicyclic) bond motifs is 1. The molecule has 0 aliphatic carbocycles. The Morgan fingerprint density at radius 2 is 2.20 bits per heavy atom. The monoisotopic (exact) mass is 277 g/mol. The molecule has 2 aromatic heterocycles. The smallest absolute Gasteiger partial charge is 0.254 e. The van der Waals surface area contributed by atoms with E-state index in [4.69, 9.17) is 0 Å². The van der Waals surface area contributed by atoms with Crippen LogP contribution in [0, 0.1) is 0 Å². The lowest BCUT2D eigenvalue weighted by atomic mass is 10.0. The lowest BCUT2D eigenvalue weighted by Gasteiger charge is -2.21. The van der Waals surface area contributed by atoms with Crippen molar-refractivity contribution in [3.63, 3.8) is 0 Å². The number of nitrogens with one attached hydrogen (secondary N) is 1. The van der Waals surface area contributed by atoms with Crippen LogP contribution < -0.4 is 5.32 Å². The molecule has 0 aliphatic rings. The fraction of sp³-hybridized carbons (Fsp3) is 0.538. The molecule has 0 fully saturated rings. The van der Waals surface area contributed by atoms with Crippen molar-refractivity contribution in [3.05, 3.63) is 23.8 Å². The molecule has 0 spiro atoms. The minimum absolute atomic E-state index is 0.195. The zero-order valence-corrected chi connectivity index (χ0v) is 11.9. The van der Waals surface area contributed by atoms with E-state index in [0.29, 0.717) is 24.2 Å². The van der Waals surface area contributed by atoms with Gasteiger partial charge in [-0.15, -0.1) is 0 Å². The van der Waals surface area contributed by atoms with E-state index in [1.807, 2.05) is 13.8 Å². The van der Waals surface area contributed by atoms with Gasteiger partial charge in [0.2, 0.25) is 0 Å². The fourth-order valence-corrected chi connectivity index (χ4v) is 1.85. The molecule has 0 bridgehead atoms. The van der Waals surface area contributed by atoms with E-state index in [9.17, 15) is 9.90 Å². The number of carbonyl (C=O) groups excluding carboxylic acids is 1. The molecule has 0 radical (unpaired) electrons. The van der Waals surface area contributed by atoms with E-state index in [1.54, 1.807) is 11.4 Å². The van der Waals surface area contributed by atoms with Gasteiger partial charge in [-0.1, -0.05) is 13.8 Å². The van der Waals surface area contributed by atoms with Crippen molar-refractivity contribution in [3.8, 4) is 0 Å². The zero-order valence-electron chi connectivity index (χ0n) is 11.9. The summed E-state index contributed by atoms with van der Waals surface area (Å²) in [7, 11) is 0. The van der Waals surface area contributed by atoms with E-state index in [1.165, 1.54) is 12.5 Å². The van der Waals surface area contributed by atoms with E-state index in [-0.39, 0.29) is 12.5 Å². The number of aromatic nitrogens is 4. The first kappa shape index (κ1) is 14.4. The maximum absolute atomic E-state index is 12.2. The highest BCUT2D eigenvalue weighted by atomic mass is 16.3. The molecule has 108 valence electrons. The predicted octanol–water partition coefficient (Wildman–Crippen LogP) is 0.577. The normalized spacial score (nSPS) is 14.2. The topological polar surface area (TPSA) is 92.4 Å². The van der Waals surface area contributed by atoms with E-state index < -0.39 is 5.60 Å². The van der Waals surface area contributed by atoms with Crippen LogP contribution in [0.4, 0.5) is 0 Å². The maximum atomic E-state index is 12.2. The van der Waals surface area contributed by atoms with Gasteiger partial charge in [-0.2, -0.15) is 10.1 Å². The number of hydrogen-bond acceptors (Lipinski definition) is 5. The maximum Gasteiger partial charge on any atom is 0.254 e. The number of hydrogen-bond donors (Lipinski definition) is 2. The molecule has 7 heteroatoms. The Hall–Kier alpha value is -2.02. The van der Waals surface area contributed by atoms with Gasteiger partial charge < -0.3 is 10.4 Å². The summed E-state index contributed by atoms with van der Waals surface area (Å²) in [6.07, 6.45) is 4.10. The average molecular weight is 277 g/mol. The first-order valence-electron chi connectivity index (χ1n) is 6.66. The Morgan fingerprint density at radius 3 is 2.85 bits per heavy atom. The van der Waals surface area contributed by atoms with Crippen LogP contribution in [0.5, 0.6) is 0 Å². The second kappa shape index (κ2) is 5.54. The minimum atomic E-state index is -0.910. The zero-order chi connectivity index (χ0) is 14.8. The molecule has 0 saturated carbocycles. The van der Waals surface area contributed by atoms with Gasteiger partial charge in [-0.05, 0) is 19.8 Å². The molecule has 2 aromatic rings. The van der Waals surface area contributed by atoms with Crippen molar-refractivity contribution in [1.82, 2.24) is 24.9 Å². The molecular formula is C13H19N5O2. The van der Waals surface area contributed by atoms with Gasteiger partial charge in [0, 0.05) is 12.7 Å². The van der Waals surface area contributed by atoms with Crippen LogP contribution in [-0.4, -0.2) is 42.7 Å². The molecular weight excluding hydrogens is 258 g/mol. The largest absolute Gasteiger partial charge is 0.388 e. The molecule has 0 aliphatic heterocycles. The van der Waals surface area contributed by atoms with E-state index >= 15 is 0 Å². The van der Waals surface area contributed by atoms with Crippen molar-refractivity contribution in [1.29, 1.82) is 0 Å². The molecule has 7 nitrogen and oxygen atoms in total. The van der Waals surface area contributed by atoms with Crippen LogP contribution in [0.25, 0.3) is 5.78 Å². The Labute approximate surface area is 117 Å². The summed E-state index contributed by atoms with van der Waals surface area (Å²) < 4.78 is 1.56. The highest BCUT2D eigenvalue weighted by Gasteiger charge is 2.21. The molecule has 1 amide bonds. The van der Waals surface area contributed by atoms with Gasteiger partial charge in [-0.25, -0.2) is 9.50 Å². The number of aliphatic hydroxyl groups is 1. The highest BCUT2D eigenvalue weighted by molar-refractivity contribution is 5.95. The second-order valence-electron chi connectivity index (χ2n) is 4.98. The molecule has 1 atom stereocenters. The number of carbonyl (C=O) groups is 1. The van der Waals surface area contributed by atoms with Crippen molar-refractivity contribution in [2.45, 2.75) is 39.2 Å². The molecule has 2 N–H and O–H groups in total. The first-order valence-corrected chi connectivity index (χ1v) is 6.66. The Bertz CT molecular complexity index is 620. The number of rotatable bonds is 5. The first-order chi connectivity index (χ1) is 9.48. The second-order valence-corrected chi connectivity index (χ2v) is 4.98. The minimum Gasteiger partial charge on any atom is -0.388 e. The fourth-order valence-electron chi connectivity index (χ4n) is 1.85. The van der Waals surface area contributed by atoms with Crippen LogP contribution in [-0.2, 0) is 6.42 Å². The van der Waals surface area contributed by atoms with Gasteiger partial charge in [0.15, 0.2) is 0 Å². The number of amides is 1. The Balaban J connectivity index is 2.26. The van der Waals surface area contributed by atoms with Gasteiger partial charge >= 0.3 is 0 Å². The standard InChI is InChI=1S/C13H19N5O2/c1-4-10-9(6-14-12-16-8-17-18(10)12)11(19)15-7-13(3,20)5-2/h6,8,20H,4-5,7H2,1-3H3,(H,15,19). The van der Waals surface area contributed by atoms with Crippen LogP contribution in [0.15, 0.2) is 12.5 Å². The molecule has 0 aromatic carbocycles. The average Bonchev–Trinajstić information content (AvgIpc) is 2.92. The molecule has 2 rings (SSSR count). The molecule has 0 saturated heterocycles. The van der Waals surface area contributed by atoms with Crippen molar-refractivity contribution < 1.29 is 9.90 Å². The SMILES string of the molecule is CCc1c(C(=O)NCC(C)(O)CC)cnc2ncnn12. The molecule has 1 unspecified atom stereocenters. The highest BCUT2D eigenvalue weighted by Crippen LogP contribution is 2.11. The van der Waals surface area contributed by atoms with Crippen molar-refractivity contribution in [2.75, 3.05) is 6.54 Å². The number of aryl methyl sites for hydroxylation is 1. The van der Waals surface area contributed by atoms with Crippen LogP contribution in [0.3, 0.4) is 0 Å². The van der Waals surface area contributed by atoms with Gasteiger partial charge in [0.25, 0.3) is 11.7 Å². The van der Waals surface area contributed by atoms with Crippen molar-refractivity contribution >= 4 is 11.7 Å².